The van der Waals surface area contributed by atoms with Crippen LogP contribution in [-0.2, 0) is 0 Å². The molecule has 2 amide bonds. The molecule has 0 atom stereocenters. The fourth-order valence-electron chi connectivity index (χ4n) is 1.80. The lowest BCUT2D eigenvalue weighted by molar-refractivity contribution is 0.0353. The molecule has 1 aromatic carbocycles. The van der Waals surface area contributed by atoms with Crippen LogP contribution >= 0.6 is 0 Å². The SMILES string of the molecule is CC(C)(C)N(NC(=O)c1ccccc1)C(=O)c1cnccn1. The van der Waals surface area contributed by atoms with Crippen molar-refractivity contribution in [3.8, 4) is 0 Å². The van der Waals surface area contributed by atoms with Crippen LogP contribution in [0.3, 0.4) is 0 Å². The Morgan fingerprint density at radius 1 is 1.09 bits per heavy atom. The minimum atomic E-state index is -0.612. The molecule has 1 aromatic heterocycles. The predicted octanol–water partition coefficient (Wildman–Crippen LogP) is 2.06. The van der Waals surface area contributed by atoms with Crippen molar-refractivity contribution in [3.63, 3.8) is 0 Å². The Balaban J connectivity index is 2.25. The van der Waals surface area contributed by atoms with Crippen molar-refractivity contribution in [3.05, 3.63) is 60.2 Å². The minimum Gasteiger partial charge on any atom is -0.267 e. The Morgan fingerprint density at radius 2 is 1.77 bits per heavy atom. The summed E-state index contributed by atoms with van der Waals surface area (Å²) in [5, 5.41) is 1.27. The third kappa shape index (κ3) is 3.66. The summed E-state index contributed by atoms with van der Waals surface area (Å²) >= 11 is 0. The molecule has 0 unspecified atom stereocenters. The molecular formula is C16H18N4O2. The van der Waals surface area contributed by atoms with Crippen molar-refractivity contribution >= 4 is 11.8 Å². The molecule has 0 bridgehead atoms. The van der Waals surface area contributed by atoms with Gasteiger partial charge in [0, 0.05) is 18.0 Å². The third-order valence-electron chi connectivity index (χ3n) is 2.91. The third-order valence-corrected chi connectivity index (χ3v) is 2.91. The summed E-state index contributed by atoms with van der Waals surface area (Å²) < 4.78 is 0. The number of aromatic nitrogens is 2. The highest BCUT2D eigenvalue weighted by Crippen LogP contribution is 2.14. The van der Waals surface area contributed by atoms with E-state index in [1.54, 1.807) is 24.3 Å². The summed E-state index contributed by atoms with van der Waals surface area (Å²) in [4.78, 5) is 32.7. The number of hydrazine groups is 1. The van der Waals surface area contributed by atoms with E-state index in [0.29, 0.717) is 5.56 Å². The second kappa shape index (κ2) is 6.34. The molecule has 0 aliphatic carbocycles. The van der Waals surface area contributed by atoms with Crippen molar-refractivity contribution < 1.29 is 9.59 Å². The zero-order chi connectivity index (χ0) is 16.2. The Hall–Kier alpha value is -2.76. The molecule has 1 N–H and O–H groups in total. The van der Waals surface area contributed by atoms with Crippen LogP contribution in [0.25, 0.3) is 0 Å². The van der Waals surface area contributed by atoms with Gasteiger partial charge in [0.1, 0.15) is 5.69 Å². The van der Waals surface area contributed by atoms with E-state index in [4.69, 9.17) is 0 Å². The molecule has 2 aromatic rings. The first-order chi connectivity index (χ1) is 10.4. The quantitative estimate of drug-likeness (QED) is 0.861. The lowest BCUT2D eigenvalue weighted by Gasteiger charge is -2.35. The average molecular weight is 298 g/mol. The van der Waals surface area contributed by atoms with Crippen molar-refractivity contribution in [1.82, 2.24) is 20.4 Å². The van der Waals surface area contributed by atoms with Crippen molar-refractivity contribution in [2.45, 2.75) is 26.3 Å². The average Bonchev–Trinajstić information content (AvgIpc) is 2.52. The van der Waals surface area contributed by atoms with Gasteiger partial charge in [0.25, 0.3) is 11.8 Å². The monoisotopic (exact) mass is 298 g/mol. The molecule has 1 heterocycles. The fourth-order valence-corrected chi connectivity index (χ4v) is 1.80. The Labute approximate surface area is 129 Å². The first-order valence-corrected chi connectivity index (χ1v) is 6.86. The van der Waals surface area contributed by atoms with Crippen LogP contribution in [0.4, 0.5) is 0 Å². The van der Waals surface area contributed by atoms with Gasteiger partial charge in [0.15, 0.2) is 0 Å². The van der Waals surface area contributed by atoms with E-state index in [2.05, 4.69) is 15.4 Å². The summed E-state index contributed by atoms with van der Waals surface area (Å²) in [5.41, 5.74) is 2.68. The second-order valence-electron chi connectivity index (χ2n) is 5.71. The molecule has 0 aliphatic rings. The highest BCUT2D eigenvalue weighted by Gasteiger charge is 2.30. The van der Waals surface area contributed by atoms with Gasteiger partial charge in [0.2, 0.25) is 0 Å². The lowest BCUT2D eigenvalue weighted by Crippen LogP contribution is -2.56. The maximum atomic E-state index is 12.6. The number of amides is 2. The number of carbonyl (C=O) groups is 2. The highest BCUT2D eigenvalue weighted by molar-refractivity contribution is 5.98. The topological polar surface area (TPSA) is 75.2 Å². The number of nitrogens with zero attached hydrogens (tertiary/aromatic N) is 3. The van der Waals surface area contributed by atoms with Gasteiger partial charge in [-0.15, -0.1) is 0 Å². The van der Waals surface area contributed by atoms with Crippen LogP contribution in [-0.4, -0.2) is 32.3 Å². The van der Waals surface area contributed by atoms with Crippen LogP contribution in [0.1, 0.15) is 41.6 Å². The van der Waals surface area contributed by atoms with E-state index in [0.717, 1.165) is 0 Å². The summed E-state index contributed by atoms with van der Waals surface area (Å²) in [6.07, 6.45) is 4.30. The van der Waals surface area contributed by atoms with Gasteiger partial charge in [-0.3, -0.25) is 20.0 Å². The largest absolute Gasteiger partial charge is 0.292 e. The van der Waals surface area contributed by atoms with E-state index in [1.807, 2.05) is 26.8 Å². The zero-order valence-corrected chi connectivity index (χ0v) is 12.8. The van der Waals surface area contributed by atoms with Gasteiger partial charge in [0.05, 0.1) is 11.7 Å². The molecule has 0 aliphatic heterocycles. The Bertz CT molecular complexity index is 651. The molecule has 0 spiro atoms. The molecule has 6 heteroatoms. The van der Waals surface area contributed by atoms with E-state index >= 15 is 0 Å². The number of benzene rings is 1. The molecule has 2 rings (SSSR count). The van der Waals surface area contributed by atoms with Gasteiger partial charge in [-0.25, -0.2) is 9.99 Å². The molecule has 0 radical (unpaired) electrons. The Kier molecular flexibility index (Phi) is 4.50. The zero-order valence-electron chi connectivity index (χ0n) is 12.8. The van der Waals surface area contributed by atoms with Crippen molar-refractivity contribution in [2.75, 3.05) is 0 Å². The maximum Gasteiger partial charge on any atom is 0.292 e. The van der Waals surface area contributed by atoms with Crippen LogP contribution in [0, 0.1) is 0 Å². The van der Waals surface area contributed by atoms with Crippen LogP contribution < -0.4 is 5.43 Å². The molecule has 0 fully saturated rings. The first kappa shape index (κ1) is 15.6. The molecule has 6 nitrogen and oxygen atoms in total. The molecule has 114 valence electrons. The van der Waals surface area contributed by atoms with E-state index in [9.17, 15) is 9.59 Å². The van der Waals surface area contributed by atoms with Crippen molar-refractivity contribution in [1.29, 1.82) is 0 Å². The standard InChI is InChI=1S/C16H18N4O2/c1-16(2,3)20(15(22)13-11-17-9-10-18-13)19-14(21)12-7-5-4-6-8-12/h4-11H,1-3H3,(H,19,21). The fraction of sp³-hybridized carbons (Fsp3) is 0.250. The predicted molar refractivity (Wildman–Crippen MR) is 81.9 cm³/mol. The molecule has 22 heavy (non-hydrogen) atoms. The maximum absolute atomic E-state index is 12.6. The Morgan fingerprint density at radius 3 is 2.32 bits per heavy atom. The highest BCUT2D eigenvalue weighted by atomic mass is 16.2. The van der Waals surface area contributed by atoms with Gasteiger partial charge < -0.3 is 0 Å². The second-order valence-corrected chi connectivity index (χ2v) is 5.71. The van der Waals surface area contributed by atoms with Crippen LogP contribution in [0.15, 0.2) is 48.9 Å². The van der Waals surface area contributed by atoms with Gasteiger partial charge in [-0.1, -0.05) is 18.2 Å². The van der Waals surface area contributed by atoms with E-state index < -0.39 is 11.4 Å². The number of hydrogen-bond donors (Lipinski definition) is 1. The summed E-state index contributed by atoms with van der Waals surface area (Å²) in [5.74, 6) is -0.766. The molecular weight excluding hydrogens is 280 g/mol. The van der Waals surface area contributed by atoms with Crippen LogP contribution in [0.2, 0.25) is 0 Å². The van der Waals surface area contributed by atoms with Crippen LogP contribution in [0.5, 0.6) is 0 Å². The number of rotatable bonds is 2. The lowest BCUT2D eigenvalue weighted by atomic mass is 10.1. The number of carbonyl (C=O) groups excluding carboxylic acids is 2. The van der Waals surface area contributed by atoms with E-state index in [1.165, 1.54) is 23.6 Å². The summed E-state index contributed by atoms with van der Waals surface area (Å²) in [6.45, 7) is 5.48. The minimum absolute atomic E-state index is 0.172. The summed E-state index contributed by atoms with van der Waals surface area (Å²) in [6, 6.07) is 8.72. The smallest absolute Gasteiger partial charge is 0.267 e. The number of hydrogen-bond acceptors (Lipinski definition) is 4. The van der Waals surface area contributed by atoms with Gasteiger partial charge in [-0.2, -0.15) is 0 Å². The van der Waals surface area contributed by atoms with Crippen molar-refractivity contribution in [2.24, 2.45) is 0 Å². The normalized spacial score (nSPS) is 10.9. The molecule has 0 saturated heterocycles. The van der Waals surface area contributed by atoms with E-state index in [-0.39, 0.29) is 11.6 Å². The number of nitrogens with one attached hydrogen (secondary N) is 1. The van der Waals surface area contributed by atoms with Gasteiger partial charge in [-0.05, 0) is 32.9 Å². The van der Waals surface area contributed by atoms with Gasteiger partial charge >= 0.3 is 0 Å². The first-order valence-electron chi connectivity index (χ1n) is 6.86. The molecule has 0 saturated carbocycles. The summed E-state index contributed by atoms with van der Waals surface area (Å²) in [7, 11) is 0.